The number of hydrogen-bond donors (Lipinski definition) is 1. The summed E-state index contributed by atoms with van der Waals surface area (Å²) in [6.07, 6.45) is 2.52. The Morgan fingerprint density at radius 3 is 2.51 bits per heavy atom. The van der Waals surface area contributed by atoms with E-state index in [2.05, 4.69) is 40.4 Å². The minimum atomic E-state index is -4.31. The van der Waals surface area contributed by atoms with Crippen LogP contribution in [0, 0.1) is 5.92 Å². The second-order valence-electron chi connectivity index (χ2n) is 9.47. The van der Waals surface area contributed by atoms with Gasteiger partial charge in [0.2, 0.25) is 5.88 Å². The Kier molecular flexibility index (Phi) is 7.26. The maximum atomic E-state index is 13.2. The van der Waals surface area contributed by atoms with E-state index in [4.69, 9.17) is 14.2 Å². The zero-order valence-electron chi connectivity index (χ0n) is 21.4. The van der Waals surface area contributed by atoms with Crippen LogP contribution in [0.4, 0.5) is 5.82 Å². The number of pyridine rings is 2. The number of carbonyl (C=O) groups excluding carboxylic acids is 1. The largest absolute Gasteiger partial charge is 0.493 e. The van der Waals surface area contributed by atoms with Crippen molar-refractivity contribution in [1.82, 2.24) is 14.7 Å². The van der Waals surface area contributed by atoms with Crippen LogP contribution in [0.1, 0.15) is 37.6 Å². The second-order valence-corrected chi connectivity index (χ2v) is 11.1. The topological polar surface area (TPSA) is 120 Å². The van der Waals surface area contributed by atoms with Crippen molar-refractivity contribution in [1.29, 1.82) is 0 Å². The molecule has 1 aromatic carbocycles. The van der Waals surface area contributed by atoms with Gasteiger partial charge in [0.15, 0.2) is 16.5 Å². The van der Waals surface area contributed by atoms with E-state index in [-0.39, 0.29) is 22.0 Å². The lowest BCUT2D eigenvalue weighted by Crippen LogP contribution is -2.41. The van der Waals surface area contributed by atoms with E-state index in [0.717, 1.165) is 6.42 Å². The van der Waals surface area contributed by atoms with Crippen molar-refractivity contribution < 1.29 is 27.4 Å². The fraction of sp³-hybridized carbons (Fsp3) is 0.346. The fourth-order valence-corrected chi connectivity index (χ4v) is 5.51. The highest BCUT2D eigenvalue weighted by molar-refractivity contribution is 7.90. The maximum absolute atomic E-state index is 13.2. The molecule has 1 aliphatic rings. The van der Waals surface area contributed by atoms with Gasteiger partial charge in [0, 0.05) is 30.4 Å². The molecule has 10 nitrogen and oxygen atoms in total. The number of anilines is 1. The molecule has 2 aromatic heterocycles. The molecule has 3 heterocycles. The molecule has 1 aliphatic heterocycles. The van der Waals surface area contributed by atoms with Gasteiger partial charge < -0.3 is 19.1 Å². The number of methoxy groups -OCH3 is 2. The number of nitrogens with zero attached hydrogens (tertiary/aromatic N) is 3. The van der Waals surface area contributed by atoms with Gasteiger partial charge in [-0.05, 0) is 56.5 Å². The summed E-state index contributed by atoms with van der Waals surface area (Å²) in [5.41, 5.74) is -0.0510. The summed E-state index contributed by atoms with van der Waals surface area (Å²) in [6, 6.07) is 12.3. The summed E-state index contributed by atoms with van der Waals surface area (Å²) in [4.78, 5) is 23.7. The molecule has 0 radical (unpaired) electrons. The molecular formula is C26H30N4O6S. The van der Waals surface area contributed by atoms with E-state index in [1.807, 2.05) is 0 Å². The molecule has 1 unspecified atom stereocenters. The molecule has 1 fully saturated rings. The van der Waals surface area contributed by atoms with Crippen LogP contribution in [0.2, 0.25) is 0 Å². The number of nitrogens with one attached hydrogen (secondary N) is 1. The minimum Gasteiger partial charge on any atom is -0.493 e. The lowest BCUT2D eigenvalue weighted by Gasteiger charge is -2.33. The van der Waals surface area contributed by atoms with Crippen molar-refractivity contribution in [2.75, 3.05) is 25.7 Å². The fourth-order valence-electron chi connectivity index (χ4n) is 4.58. The Bertz CT molecular complexity index is 1410. The number of benzene rings is 1. The summed E-state index contributed by atoms with van der Waals surface area (Å²) >= 11 is 0. The third-order valence-electron chi connectivity index (χ3n) is 6.14. The molecule has 196 valence electrons. The van der Waals surface area contributed by atoms with Crippen LogP contribution in [0.25, 0.3) is 0 Å². The van der Waals surface area contributed by atoms with Crippen molar-refractivity contribution in [3.63, 3.8) is 0 Å². The van der Waals surface area contributed by atoms with Crippen molar-refractivity contribution in [3.8, 4) is 23.1 Å². The lowest BCUT2D eigenvalue weighted by molar-refractivity contribution is 0.0981. The van der Waals surface area contributed by atoms with Gasteiger partial charge in [-0.15, -0.1) is 0 Å². The van der Waals surface area contributed by atoms with E-state index in [1.165, 1.54) is 32.4 Å². The summed E-state index contributed by atoms with van der Waals surface area (Å²) in [5.74, 6) is 1.43. The molecule has 1 saturated heterocycles. The van der Waals surface area contributed by atoms with E-state index in [1.54, 1.807) is 36.5 Å². The van der Waals surface area contributed by atoms with E-state index >= 15 is 0 Å². The molecule has 4 rings (SSSR count). The van der Waals surface area contributed by atoms with Crippen molar-refractivity contribution in [2.24, 2.45) is 5.92 Å². The Labute approximate surface area is 216 Å². The summed E-state index contributed by atoms with van der Waals surface area (Å²) in [7, 11) is -1.30. The molecule has 0 spiro atoms. The molecule has 0 bridgehead atoms. The predicted octanol–water partition coefficient (Wildman–Crippen LogP) is 4.03. The zero-order valence-corrected chi connectivity index (χ0v) is 22.2. The molecule has 37 heavy (non-hydrogen) atoms. The predicted molar refractivity (Wildman–Crippen MR) is 138 cm³/mol. The highest BCUT2D eigenvalue weighted by Gasteiger charge is 2.39. The van der Waals surface area contributed by atoms with Gasteiger partial charge in [0.1, 0.15) is 11.6 Å². The van der Waals surface area contributed by atoms with Crippen LogP contribution in [-0.4, -0.2) is 50.6 Å². The normalized spacial score (nSPS) is 16.8. The van der Waals surface area contributed by atoms with E-state index < -0.39 is 15.9 Å². The Hall–Kier alpha value is -3.86. The third kappa shape index (κ3) is 5.61. The zero-order chi connectivity index (χ0) is 26.8. The average molecular weight is 527 g/mol. The maximum Gasteiger partial charge on any atom is 0.281 e. The Morgan fingerprint density at radius 2 is 1.84 bits per heavy atom. The molecule has 1 amide bonds. The first-order chi connectivity index (χ1) is 17.5. The monoisotopic (exact) mass is 526 g/mol. The molecule has 1 atom stereocenters. The number of amides is 1. The summed E-state index contributed by atoms with van der Waals surface area (Å²) in [5, 5.41) is -0.362. The van der Waals surface area contributed by atoms with Gasteiger partial charge in [0.25, 0.3) is 15.9 Å². The lowest BCUT2D eigenvalue weighted by atomic mass is 9.97. The van der Waals surface area contributed by atoms with Crippen LogP contribution >= 0.6 is 0 Å². The number of carbonyl (C=O) groups is 1. The standard InChI is InChI=1S/C26H30N4O6S/c1-17-15-26(2,3)30(16-17)24-19(8-7-13-27-24)25(31)29-37(32,33)23-10-6-9-22(28-23)36-18-11-12-20(34-4)21(14-18)35-5/h6-14,17H,15-16H2,1-5H3,(H,29,31). The molecular weight excluding hydrogens is 496 g/mol. The molecule has 0 aliphatic carbocycles. The van der Waals surface area contributed by atoms with E-state index in [0.29, 0.717) is 35.5 Å². The first-order valence-corrected chi connectivity index (χ1v) is 13.2. The number of hydrogen-bond acceptors (Lipinski definition) is 9. The van der Waals surface area contributed by atoms with Crippen LogP contribution in [-0.2, 0) is 10.0 Å². The molecule has 1 N–H and O–H groups in total. The van der Waals surface area contributed by atoms with Gasteiger partial charge >= 0.3 is 0 Å². The van der Waals surface area contributed by atoms with Gasteiger partial charge in [-0.3, -0.25) is 4.79 Å². The first-order valence-electron chi connectivity index (χ1n) is 11.7. The van der Waals surface area contributed by atoms with Crippen molar-refractivity contribution in [3.05, 3.63) is 60.3 Å². The number of ether oxygens (including phenoxy) is 3. The van der Waals surface area contributed by atoms with Gasteiger partial charge in [0.05, 0.1) is 19.8 Å². The van der Waals surface area contributed by atoms with Crippen LogP contribution < -0.4 is 23.8 Å². The Morgan fingerprint density at radius 1 is 1.08 bits per heavy atom. The van der Waals surface area contributed by atoms with E-state index in [9.17, 15) is 13.2 Å². The quantitative estimate of drug-likeness (QED) is 0.464. The van der Waals surface area contributed by atoms with Crippen LogP contribution in [0.15, 0.2) is 59.8 Å². The Balaban J connectivity index is 1.56. The van der Waals surface area contributed by atoms with Crippen LogP contribution in [0.5, 0.6) is 23.1 Å². The summed E-state index contributed by atoms with van der Waals surface area (Å²) < 4.78 is 44.5. The van der Waals surface area contributed by atoms with Crippen LogP contribution in [0.3, 0.4) is 0 Å². The third-order valence-corrected chi connectivity index (χ3v) is 7.37. The minimum absolute atomic E-state index is 0.0254. The highest BCUT2D eigenvalue weighted by Crippen LogP contribution is 2.37. The van der Waals surface area contributed by atoms with Gasteiger partial charge in [-0.1, -0.05) is 13.0 Å². The molecule has 0 saturated carbocycles. The highest BCUT2D eigenvalue weighted by atomic mass is 32.2. The van der Waals surface area contributed by atoms with Gasteiger partial charge in [-0.2, -0.15) is 13.4 Å². The average Bonchev–Trinajstić information content (AvgIpc) is 3.15. The van der Waals surface area contributed by atoms with Gasteiger partial charge in [-0.25, -0.2) is 9.71 Å². The number of aromatic nitrogens is 2. The first kappa shape index (κ1) is 26.2. The van der Waals surface area contributed by atoms with Crippen molar-refractivity contribution in [2.45, 2.75) is 37.8 Å². The second kappa shape index (κ2) is 10.3. The van der Waals surface area contributed by atoms with Crippen molar-refractivity contribution >= 4 is 21.7 Å². The number of sulfonamides is 1. The molecule has 3 aromatic rings. The SMILES string of the molecule is COc1ccc(Oc2cccc(S(=O)(=O)NC(=O)c3cccnc3N3CC(C)CC3(C)C)n2)cc1OC. The smallest absolute Gasteiger partial charge is 0.281 e. The summed E-state index contributed by atoms with van der Waals surface area (Å²) in [6.45, 7) is 7.01. The number of rotatable bonds is 8. The molecule has 11 heteroatoms.